The third-order valence-electron chi connectivity index (χ3n) is 5.56. The SMILES string of the molecule is CC(C)(O)c1ccc(-c2cc(C(F)(F)C(F)(F)F)nc3c2ccc2nc(-c4nnco4)cn23)cc1. The van der Waals surface area contributed by atoms with Crippen molar-refractivity contribution in [2.24, 2.45) is 0 Å². The quantitative estimate of drug-likeness (QED) is 0.336. The Balaban J connectivity index is 1.80. The zero-order chi connectivity index (χ0) is 25.2. The van der Waals surface area contributed by atoms with Crippen molar-refractivity contribution in [3.8, 4) is 22.7 Å². The van der Waals surface area contributed by atoms with E-state index in [2.05, 4.69) is 20.2 Å². The van der Waals surface area contributed by atoms with Crippen molar-refractivity contribution in [2.75, 3.05) is 0 Å². The Morgan fingerprint density at radius 2 is 1.66 bits per heavy atom. The minimum absolute atomic E-state index is 0.0426. The predicted octanol–water partition coefficient (Wildman–Crippen LogP) is 5.48. The van der Waals surface area contributed by atoms with Gasteiger partial charge in [0.2, 0.25) is 6.39 Å². The molecule has 5 rings (SSSR count). The lowest BCUT2D eigenvalue weighted by Crippen LogP contribution is -2.34. The van der Waals surface area contributed by atoms with Crippen molar-refractivity contribution in [1.82, 2.24) is 24.6 Å². The maximum Gasteiger partial charge on any atom is 0.459 e. The van der Waals surface area contributed by atoms with Gasteiger partial charge in [0.1, 0.15) is 22.7 Å². The lowest BCUT2D eigenvalue weighted by Gasteiger charge is -2.21. The van der Waals surface area contributed by atoms with Crippen LogP contribution in [-0.4, -0.2) is 35.8 Å². The number of nitrogens with zero attached hydrogens (tertiary/aromatic N) is 5. The van der Waals surface area contributed by atoms with E-state index in [0.29, 0.717) is 16.5 Å². The second-order valence-corrected chi connectivity index (χ2v) is 8.43. The van der Waals surface area contributed by atoms with Crippen LogP contribution in [0, 0.1) is 0 Å². The standard InChI is InChI=1S/C23H16F5N5O2/c1-21(2,34)13-5-3-12(4-6-13)15-9-17(22(24,25)23(26,27)28)31-19-14(15)7-8-18-30-16(10-33(18)19)20-32-29-11-35-20/h3-11,34H,1-2H3. The monoisotopic (exact) mass is 489 g/mol. The molecule has 1 N–H and O–H groups in total. The summed E-state index contributed by atoms with van der Waals surface area (Å²) in [4.78, 5) is 8.00. The van der Waals surface area contributed by atoms with Gasteiger partial charge in [0.25, 0.3) is 5.89 Å². The fraction of sp³-hybridized carbons (Fsp3) is 0.217. The zero-order valence-electron chi connectivity index (χ0n) is 18.2. The van der Waals surface area contributed by atoms with Crippen LogP contribution < -0.4 is 0 Å². The number of fused-ring (bicyclic) bond motifs is 3. The summed E-state index contributed by atoms with van der Waals surface area (Å²) in [6.45, 7) is 3.14. The summed E-state index contributed by atoms with van der Waals surface area (Å²) in [7, 11) is 0. The summed E-state index contributed by atoms with van der Waals surface area (Å²) in [5.74, 6) is -5.16. The first-order chi connectivity index (χ1) is 16.4. The minimum atomic E-state index is -5.85. The Kier molecular flexibility index (Phi) is 4.92. The van der Waals surface area contributed by atoms with Crippen LogP contribution >= 0.6 is 0 Å². The van der Waals surface area contributed by atoms with E-state index in [4.69, 9.17) is 4.42 Å². The summed E-state index contributed by atoms with van der Waals surface area (Å²) >= 11 is 0. The average molecular weight is 489 g/mol. The molecular weight excluding hydrogens is 473 g/mol. The molecule has 1 aromatic carbocycles. The third kappa shape index (κ3) is 3.79. The molecule has 4 heterocycles. The largest absolute Gasteiger partial charge is 0.459 e. The molecule has 0 bridgehead atoms. The van der Waals surface area contributed by atoms with Crippen LogP contribution in [0.3, 0.4) is 0 Å². The second-order valence-electron chi connectivity index (χ2n) is 8.43. The van der Waals surface area contributed by atoms with Gasteiger partial charge in [-0.2, -0.15) is 22.0 Å². The van der Waals surface area contributed by atoms with Crippen LogP contribution in [0.4, 0.5) is 22.0 Å². The van der Waals surface area contributed by atoms with Gasteiger partial charge in [-0.15, -0.1) is 10.2 Å². The van der Waals surface area contributed by atoms with Crippen molar-refractivity contribution in [3.05, 3.63) is 66.3 Å². The van der Waals surface area contributed by atoms with Crippen molar-refractivity contribution in [2.45, 2.75) is 31.5 Å². The van der Waals surface area contributed by atoms with E-state index >= 15 is 0 Å². The van der Waals surface area contributed by atoms with Crippen LogP contribution in [0.15, 0.2) is 59.5 Å². The van der Waals surface area contributed by atoms with Gasteiger partial charge in [-0.3, -0.25) is 4.40 Å². The number of benzene rings is 1. The highest BCUT2D eigenvalue weighted by molar-refractivity contribution is 5.94. The smallest absolute Gasteiger partial charge is 0.422 e. The summed E-state index contributed by atoms with van der Waals surface area (Å²) in [5, 5.41) is 17.8. The number of rotatable bonds is 4. The highest BCUT2D eigenvalue weighted by Gasteiger charge is 2.60. The fourth-order valence-corrected chi connectivity index (χ4v) is 3.72. The highest BCUT2D eigenvalue weighted by atomic mass is 19.4. The number of pyridine rings is 2. The molecule has 180 valence electrons. The van der Waals surface area contributed by atoms with Crippen LogP contribution in [-0.2, 0) is 11.5 Å². The summed E-state index contributed by atoms with van der Waals surface area (Å²) in [5.41, 5.74) is -1.35. The maximum absolute atomic E-state index is 14.5. The molecule has 0 saturated carbocycles. The van der Waals surface area contributed by atoms with Gasteiger partial charge in [0, 0.05) is 11.6 Å². The van der Waals surface area contributed by atoms with Gasteiger partial charge < -0.3 is 9.52 Å². The molecule has 0 unspecified atom stereocenters. The zero-order valence-corrected chi connectivity index (χ0v) is 18.2. The van der Waals surface area contributed by atoms with Gasteiger partial charge in [0.15, 0.2) is 0 Å². The number of imidazole rings is 1. The molecule has 0 atom stereocenters. The van der Waals surface area contributed by atoms with Crippen LogP contribution in [0.1, 0.15) is 25.1 Å². The molecule has 4 aromatic heterocycles. The van der Waals surface area contributed by atoms with E-state index in [1.54, 1.807) is 44.2 Å². The van der Waals surface area contributed by atoms with Crippen molar-refractivity contribution in [3.63, 3.8) is 0 Å². The van der Waals surface area contributed by atoms with Crippen molar-refractivity contribution < 1.29 is 31.5 Å². The van der Waals surface area contributed by atoms with Crippen molar-refractivity contribution >= 4 is 16.7 Å². The van der Waals surface area contributed by atoms with E-state index in [-0.39, 0.29) is 28.4 Å². The van der Waals surface area contributed by atoms with Crippen LogP contribution in [0.5, 0.6) is 0 Å². The Hall–Kier alpha value is -3.93. The van der Waals surface area contributed by atoms with Crippen LogP contribution in [0.2, 0.25) is 0 Å². The lowest BCUT2D eigenvalue weighted by atomic mass is 9.94. The van der Waals surface area contributed by atoms with E-state index in [0.717, 1.165) is 12.5 Å². The Morgan fingerprint density at radius 3 is 2.26 bits per heavy atom. The molecule has 12 heteroatoms. The minimum Gasteiger partial charge on any atom is -0.422 e. The Bertz CT molecular complexity index is 1540. The first kappa shape index (κ1) is 22.8. The maximum atomic E-state index is 14.5. The molecule has 0 spiro atoms. The Labute approximate surface area is 193 Å². The molecule has 0 saturated heterocycles. The number of hydrogen-bond donors (Lipinski definition) is 1. The Morgan fingerprint density at radius 1 is 0.943 bits per heavy atom. The molecule has 0 radical (unpaired) electrons. The molecule has 7 nitrogen and oxygen atoms in total. The number of aliphatic hydroxyl groups is 1. The number of aromatic nitrogens is 5. The first-order valence-electron chi connectivity index (χ1n) is 10.2. The number of alkyl halides is 5. The van der Waals surface area contributed by atoms with Gasteiger partial charge in [-0.1, -0.05) is 24.3 Å². The van der Waals surface area contributed by atoms with Gasteiger partial charge in [-0.05, 0) is 48.7 Å². The topological polar surface area (TPSA) is 89.3 Å². The molecule has 0 fully saturated rings. The van der Waals surface area contributed by atoms with Gasteiger partial charge in [-0.25, -0.2) is 9.97 Å². The lowest BCUT2D eigenvalue weighted by molar-refractivity contribution is -0.290. The molecule has 0 aliphatic rings. The van der Waals surface area contributed by atoms with Gasteiger partial charge >= 0.3 is 12.1 Å². The second kappa shape index (κ2) is 7.54. The number of halogens is 5. The molecule has 0 aliphatic carbocycles. The van der Waals surface area contributed by atoms with E-state index < -0.39 is 23.4 Å². The summed E-state index contributed by atoms with van der Waals surface area (Å²) in [6.07, 6.45) is -3.41. The van der Waals surface area contributed by atoms with Crippen molar-refractivity contribution in [1.29, 1.82) is 0 Å². The molecule has 0 amide bonds. The van der Waals surface area contributed by atoms with E-state index in [1.807, 2.05) is 0 Å². The molecule has 35 heavy (non-hydrogen) atoms. The normalized spacial score (nSPS) is 13.1. The fourth-order valence-electron chi connectivity index (χ4n) is 3.72. The summed E-state index contributed by atoms with van der Waals surface area (Å²) < 4.78 is 75.1. The summed E-state index contributed by atoms with van der Waals surface area (Å²) in [6, 6.07) is 10.1. The third-order valence-corrected chi connectivity index (χ3v) is 5.56. The molecule has 0 aliphatic heterocycles. The van der Waals surface area contributed by atoms with Crippen LogP contribution in [0.25, 0.3) is 39.4 Å². The van der Waals surface area contributed by atoms with E-state index in [9.17, 15) is 27.1 Å². The average Bonchev–Trinajstić information content (AvgIpc) is 3.47. The predicted molar refractivity (Wildman–Crippen MR) is 114 cm³/mol. The first-order valence-corrected chi connectivity index (χ1v) is 10.2. The highest BCUT2D eigenvalue weighted by Crippen LogP contribution is 2.45. The molecule has 5 aromatic rings. The molecular formula is C23H16F5N5O2. The van der Waals surface area contributed by atoms with Gasteiger partial charge in [0.05, 0.1) is 5.60 Å². The number of hydrogen-bond acceptors (Lipinski definition) is 6. The van der Waals surface area contributed by atoms with E-state index in [1.165, 1.54) is 16.7 Å².